The highest BCUT2D eigenvalue weighted by Gasteiger charge is 2.00. The summed E-state index contributed by atoms with van der Waals surface area (Å²) in [6.07, 6.45) is 3.34. The fourth-order valence-electron chi connectivity index (χ4n) is 1.24. The Morgan fingerprint density at radius 1 is 1.13 bits per heavy atom. The van der Waals surface area contributed by atoms with Gasteiger partial charge in [-0.25, -0.2) is 4.39 Å². The van der Waals surface area contributed by atoms with E-state index in [-0.39, 0.29) is 5.82 Å². The van der Waals surface area contributed by atoms with Crippen LogP contribution >= 0.6 is 0 Å². The maximum absolute atomic E-state index is 12.8. The average Bonchev–Trinajstić information content (AvgIpc) is 2.24. The van der Waals surface area contributed by atoms with Crippen LogP contribution in [0.1, 0.15) is 0 Å². The molecule has 0 aliphatic rings. The number of hydrogen-bond donors (Lipinski definition) is 2. The number of halogens is 1. The molecule has 1 aromatic carbocycles. The van der Waals surface area contributed by atoms with Gasteiger partial charge in [0.05, 0.1) is 11.4 Å². The zero-order valence-electron chi connectivity index (χ0n) is 7.94. The van der Waals surface area contributed by atoms with Crippen LogP contribution in [0.4, 0.5) is 21.5 Å². The van der Waals surface area contributed by atoms with Gasteiger partial charge in [-0.2, -0.15) is 0 Å². The zero-order valence-corrected chi connectivity index (χ0v) is 7.94. The van der Waals surface area contributed by atoms with E-state index in [4.69, 9.17) is 5.73 Å². The smallest absolute Gasteiger partial charge is 0.125 e. The van der Waals surface area contributed by atoms with Gasteiger partial charge in [0.15, 0.2) is 0 Å². The van der Waals surface area contributed by atoms with Crippen LogP contribution in [-0.4, -0.2) is 4.98 Å². The number of hydrogen-bond acceptors (Lipinski definition) is 3. The molecule has 2 rings (SSSR count). The first-order chi connectivity index (χ1) is 7.25. The molecule has 1 aromatic heterocycles. The molecule has 0 saturated heterocycles. The lowest BCUT2D eigenvalue weighted by Gasteiger charge is -2.08. The van der Waals surface area contributed by atoms with E-state index in [0.717, 1.165) is 5.69 Å². The minimum Gasteiger partial charge on any atom is -0.397 e. The number of nitrogens with zero attached hydrogens (tertiary/aromatic N) is 1. The molecule has 0 bridgehead atoms. The molecule has 1 heterocycles. The molecule has 76 valence electrons. The Morgan fingerprint density at radius 2 is 1.87 bits per heavy atom. The van der Waals surface area contributed by atoms with Crippen LogP contribution in [0.5, 0.6) is 0 Å². The molecule has 0 atom stereocenters. The van der Waals surface area contributed by atoms with Gasteiger partial charge in [0.1, 0.15) is 5.82 Å². The first-order valence-electron chi connectivity index (χ1n) is 4.48. The van der Waals surface area contributed by atoms with Gasteiger partial charge in [0, 0.05) is 18.1 Å². The Bertz CT molecular complexity index is 457. The second kappa shape index (κ2) is 3.96. The molecule has 3 nitrogen and oxygen atoms in total. The van der Waals surface area contributed by atoms with Crippen LogP contribution in [0.3, 0.4) is 0 Å². The molecule has 0 spiro atoms. The predicted molar refractivity (Wildman–Crippen MR) is 58.3 cm³/mol. The van der Waals surface area contributed by atoms with E-state index in [0.29, 0.717) is 11.4 Å². The van der Waals surface area contributed by atoms with Crippen molar-refractivity contribution in [3.8, 4) is 0 Å². The lowest BCUT2D eigenvalue weighted by molar-refractivity contribution is 0.628. The van der Waals surface area contributed by atoms with E-state index in [1.807, 2.05) is 12.1 Å². The van der Waals surface area contributed by atoms with Crippen molar-refractivity contribution in [2.75, 3.05) is 11.1 Å². The van der Waals surface area contributed by atoms with Crippen LogP contribution in [0.2, 0.25) is 0 Å². The molecule has 3 N–H and O–H groups in total. The van der Waals surface area contributed by atoms with Gasteiger partial charge in [-0.3, -0.25) is 4.98 Å². The van der Waals surface area contributed by atoms with Gasteiger partial charge in [-0.15, -0.1) is 0 Å². The van der Waals surface area contributed by atoms with Gasteiger partial charge < -0.3 is 11.1 Å². The molecule has 2 aromatic rings. The van der Waals surface area contributed by atoms with Crippen molar-refractivity contribution >= 4 is 17.1 Å². The number of rotatable bonds is 2. The van der Waals surface area contributed by atoms with Crippen LogP contribution < -0.4 is 11.1 Å². The minimum atomic E-state index is -0.340. The summed E-state index contributed by atoms with van der Waals surface area (Å²) < 4.78 is 12.8. The van der Waals surface area contributed by atoms with E-state index >= 15 is 0 Å². The van der Waals surface area contributed by atoms with Crippen molar-refractivity contribution in [3.05, 3.63) is 48.5 Å². The molecule has 0 saturated carbocycles. The fraction of sp³-hybridized carbons (Fsp3) is 0. The number of nitrogen functional groups attached to an aromatic ring is 1. The van der Waals surface area contributed by atoms with Crippen molar-refractivity contribution in [2.45, 2.75) is 0 Å². The standard InChI is InChI=1S/C11H10FN3/c12-8-1-2-11(10(13)7-8)15-9-3-5-14-6-4-9/h1-7H,13H2,(H,14,15). The molecule has 15 heavy (non-hydrogen) atoms. The first-order valence-corrected chi connectivity index (χ1v) is 4.48. The second-order valence-electron chi connectivity index (χ2n) is 3.09. The highest BCUT2D eigenvalue weighted by molar-refractivity contribution is 5.72. The molecule has 0 amide bonds. The summed E-state index contributed by atoms with van der Waals surface area (Å²) in [5, 5.41) is 3.07. The summed E-state index contributed by atoms with van der Waals surface area (Å²) in [6.45, 7) is 0. The monoisotopic (exact) mass is 203 g/mol. The van der Waals surface area contributed by atoms with Crippen LogP contribution in [0, 0.1) is 5.82 Å². The molecule has 0 aliphatic heterocycles. The number of nitrogens with one attached hydrogen (secondary N) is 1. The molecular formula is C11H10FN3. The molecule has 0 fully saturated rings. The third-order valence-corrected chi connectivity index (χ3v) is 1.97. The fourth-order valence-corrected chi connectivity index (χ4v) is 1.24. The van der Waals surface area contributed by atoms with Crippen molar-refractivity contribution in [1.82, 2.24) is 4.98 Å². The van der Waals surface area contributed by atoms with Crippen LogP contribution in [0.25, 0.3) is 0 Å². The van der Waals surface area contributed by atoms with Crippen molar-refractivity contribution < 1.29 is 4.39 Å². The highest BCUT2D eigenvalue weighted by atomic mass is 19.1. The third kappa shape index (κ3) is 2.22. The Morgan fingerprint density at radius 3 is 2.53 bits per heavy atom. The van der Waals surface area contributed by atoms with E-state index in [1.54, 1.807) is 18.5 Å². The largest absolute Gasteiger partial charge is 0.397 e. The van der Waals surface area contributed by atoms with Crippen molar-refractivity contribution in [1.29, 1.82) is 0 Å². The maximum Gasteiger partial charge on any atom is 0.125 e. The van der Waals surface area contributed by atoms with Crippen molar-refractivity contribution in [3.63, 3.8) is 0 Å². The number of benzene rings is 1. The number of anilines is 3. The third-order valence-electron chi connectivity index (χ3n) is 1.97. The quantitative estimate of drug-likeness (QED) is 0.737. The molecule has 0 unspecified atom stereocenters. The summed E-state index contributed by atoms with van der Waals surface area (Å²) in [4.78, 5) is 3.89. The van der Waals surface area contributed by atoms with E-state index < -0.39 is 0 Å². The minimum absolute atomic E-state index is 0.340. The van der Waals surface area contributed by atoms with Gasteiger partial charge in [0.25, 0.3) is 0 Å². The number of pyridine rings is 1. The number of aromatic nitrogens is 1. The van der Waals surface area contributed by atoms with Crippen LogP contribution in [-0.2, 0) is 0 Å². The van der Waals surface area contributed by atoms with Gasteiger partial charge in [-0.05, 0) is 30.3 Å². The Hall–Kier alpha value is -2.10. The molecule has 0 radical (unpaired) electrons. The molecule has 4 heteroatoms. The lowest BCUT2D eigenvalue weighted by atomic mass is 10.2. The summed E-state index contributed by atoms with van der Waals surface area (Å²) in [5.41, 5.74) is 7.58. The average molecular weight is 203 g/mol. The highest BCUT2D eigenvalue weighted by Crippen LogP contribution is 2.22. The second-order valence-corrected chi connectivity index (χ2v) is 3.09. The molecular weight excluding hydrogens is 193 g/mol. The first kappa shape index (κ1) is 9.45. The SMILES string of the molecule is Nc1cc(F)ccc1Nc1ccncc1. The summed E-state index contributed by atoms with van der Waals surface area (Å²) >= 11 is 0. The lowest BCUT2D eigenvalue weighted by Crippen LogP contribution is -1.96. The Labute approximate surface area is 86.8 Å². The normalized spacial score (nSPS) is 9.93. The van der Waals surface area contributed by atoms with Gasteiger partial charge in [-0.1, -0.05) is 0 Å². The van der Waals surface area contributed by atoms with Crippen LogP contribution in [0.15, 0.2) is 42.7 Å². The zero-order chi connectivity index (χ0) is 10.7. The van der Waals surface area contributed by atoms with E-state index in [9.17, 15) is 4.39 Å². The Balaban J connectivity index is 2.25. The van der Waals surface area contributed by atoms with E-state index in [2.05, 4.69) is 10.3 Å². The molecule has 0 aliphatic carbocycles. The topological polar surface area (TPSA) is 50.9 Å². The summed E-state index contributed by atoms with van der Waals surface area (Å²) in [5.74, 6) is -0.340. The van der Waals surface area contributed by atoms with Gasteiger partial charge in [0.2, 0.25) is 0 Å². The maximum atomic E-state index is 12.8. The van der Waals surface area contributed by atoms with Gasteiger partial charge >= 0.3 is 0 Å². The van der Waals surface area contributed by atoms with E-state index in [1.165, 1.54) is 12.1 Å². The van der Waals surface area contributed by atoms with Crippen molar-refractivity contribution in [2.24, 2.45) is 0 Å². The summed E-state index contributed by atoms with van der Waals surface area (Å²) in [6, 6.07) is 7.86. The summed E-state index contributed by atoms with van der Waals surface area (Å²) in [7, 11) is 0. The number of nitrogens with two attached hydrogens (primary N) is 1. The predicted octanol–water partition coefficient (Wildman–Crippen LogP) is 2.55. The Kier molecular flexibility index (Phi) is 2.49.